The van der Waals surface area contributed by atoms with Crippen molar-refractivity contribution in [2.75, 3.05) is 14.1 Å². The van der Waals surface area contributed by atoms with Crippen molar-refractivity contribution in [3.63, 3.8) is 0 Å². The summed E-state index contributed by atoms with van der Waals surface area (Å²) in [6.07, 6.45) is 3.34. The Hall–Kier alpha value is -1.06. The molecule has 0 aromatic heterocycles. The van der Waals surface area contributed by atoms with Gasteiger partial charge in [-0.3, -0.25) is 0 Å². The van der Waals surface area contributed by atoms with E-state index in [1.54, 1.807) is 0 Å². The monoisotopic (exact) mass is 206 g/mol. The Morgan fingerprint density at radius 2 is 2.20 bits per heavy atom. The van der Waals surface area contributed by atoms with Crippen LogP contribution in [0.4, 0.5) is 0 Å². The average molecular weight is 206 g/mol. The maximum atomic E-state index is 5.26. The lowest BCUT2D eigenvalue weighted by Gasteiger charge is -2.30. The number of hydrogen-bond donors (Lipinski definition) is 1. The van der Waals surface area contributed by atoms with Gasteiger partial charge in [-0.15, -0.1) is 0 Å². The molecule has 15 heavy (non-hydrogen) atoms. The van der Waals surface area contributed by atoms with Crippen LogP contribution in [0.2, 0.25) is 0 Å². The summed E-state index contributed by atoms with van der Waals surface area (Å²) < 4.78 is 0. The molecule has 1 aliphatic carbocycles. The maximum Gasteiger partial charge on any atom is 0.150 e. The summed E-state index contributed by atoms with van der Waals surface area (Å²) in [6, 6.07) is 6.77. The average Bonchev–Trinajstić information content (AvgIpc) is 2.27. The minimum Gasteiger partial charge on any atom is -0.411 e. The van der Waals surface area contributed by atoms with Crippen LogP contribution in [0.3, 0.4) is 0 Å². The lowest BCUT2D eigenvalue weighted by Crippen LogP contribution is -2.33. The van der Waals surface area contributed by atoms with E-state index in [4.69, 9.17) is 10.7 Å². The van der Waals surface area contributed by atoms with Gasteiger partial charge in [-0.05, 0) is 45.0 Å². The first kappa shape index (κ1) is 10.5. The van der Waals surface area contributed by atoms with E-state index in [9.17, 15) is 0 Å². The van der Waals surface area contributed by atoms with Crippen molar-refractivity contribution in [3.8, 4) is 5.75 Å². The summed E-state index contributed by atoms with van der Waals surface area (Å²) in [5, 5.41) is 0. The first-order chi connectivity index (χ1) is 7.22. The van der Waals surface area contributed by atoms with Crippen LogP contribution in [0.5, 0.6) is 5.75 Å². The summed E-state index contributed by atoms with van der Waals surface area (Å²) in [5.74, 6) is 6.10. The Bertz CT molecular complexity index is 349. The van der Waals surface area contributed by atoms with Crippen LogP contribution in [0.15, 0.2) is 18.2 Å². The molecule has 0 aliphatic heterocycles. The fourth-order valence-corrected chi connectivity index (χ4v) is 2.30. The number of hydrogen-bond acceptors (Lipinski definition) is 3. The maximum absolute atomic E-state index is 5.26. The number of likely N-dealkylation sites (N-methyl/N-ethyl adjacent to an activating group) is 1. The Labute approximate surface area is 90.8 Å². The zero-order valence-corrected chi connectivity index (χ0v) is 9.36. The second-order valence-corrected chi connectivity index (χ2v) is 4.37. The Balaban J connectivity index is 2.27. The van der Waals surface area contributed by atoms with Gasteiger partial charge >= 0.3 is 0 Å². The van der Waals surface area contributed by atoms with Gasteiger partial charge in [-0.1, -0.05) is 12.1 Å². The summed E-state index contributed by atoms with van der Waals surface area (Å²) in [6.45, 7) is 0. The van der Waals surface area contributed by atoms with Crippen molar-refractivity contribution >= 4 is 0 Å². The van der Waals surface area contributed by atoms with Gasteiger partial charge in [-0.2, -0.15) is 5.90 Å². The normalized spacial score (nSPS) is 20.1. The molecule has 0 unspecified atom stereocenters. The predicted octanol–water partition coefficient (Wildman–Crippen LogP) is 1.36. The second kappa shape index (κ2) is 4.21. The molecular weight excluding hydrogens is 188 g/mol. The predicted molar refractivity (Wildman–Crippen MR) is 60.8 cm³/mol. The molecule has 1 atom stereocenters. The molecule has 0 bridgehead atoms. The van der Waals surface area contributed by atoms with E-state index in [0.717, 1.165) is 18.6 Å². The van der Waals surface area contributed by atoms with Crippen LogP contribution in [-0.4, -0.2) is 25.0 Å². The van der Waals surface area contributed by atoms with Crippen LogP contribution in [0.1, 0.15) is 17.5 Å². The minimum absolute atomic E-state index is 0.644. The molecule has 0 saturated carbocycles. The first-order valence-electron chi connectivity index (χ1n) is 5.36. The number of rotatable bonds is 2. The second-order valence-electron chi connectivity index (χ2n) is 4.37. The quantitative estimate of drug-likeness (QED) is 0.742. The first-order valence-corrected chi connectivity index (χ1v) is 5.36. The smallest absolute Gasteiger partial charge is 0.150 e. The van der Waals surface area contributed by atoms with Crippen molar-refractivity contribution in [2.24, 2.45) is 5.90 Å². The van der Waals surface area contributed by atoms with E-state index in [2.05, 4.69) is 25.1 Å². The largest absolute Gasteiger partial charge is 0.411 e. The summed E-state index contributed by atoms with van der Waals surface area (Å²) in [4.78, 5) is 7.19. The molecular formula is C12H18N2O. The van der Waals surface area contributed by atoms with Crippen LogP contribution < -0.4 is 10.7 Å². The molecule has 0 spiro atoms. The number of nitrogens with two attached hydrogens (primary N) is 1. The lowest BCUT2D eigenvalue weighted by atomic mass is 9.87. The van der Waals surface area contributed by atoms with E-state index in [-0.39, 0.29) is 0 Å². The van der Waals surface area contributed by atoms with E-state index in [1.807, 2.05) is 12.1 Å². The zero-order chi connectivity index (χ0) is 10.8. The molecule has 0 fully saturated rings. The Morgan fingerprint density at radius 3 is 2.87 bits per heavy atom. The highest BCUT2D eigenvalue weighted by molar-refractivity contribution is 5.42. The van der Waals surface area contributed by atoms with E-state index < -0.39 is 0 Å². The van der Waals surface area contributed by atoms with Crippen molar-refractivity contribution in [2.45, 2.75) is 25.3 Å². The molecule has 2 N–H and O–H groups in total. The van der Waals surface area contributed by atoms with Crippen LogP contribution in [0, 0.1) is 0 Å². The fraction of sp³-hybridized carbons (Fsp3) is 0.500. The van der Waals surface area contributed by atoms with Crippen molar-refractivity contribution in [1.29, 1.82) is 0 Å². The molecule has 3 nitrogen and oxygen atoms in total. The molecule has 1 aromatic carbocycles. The van der Waals surface area contributed by atoms with Crippen LogP contribution in [-0.2, 0) is 12.8 Å². The summed E-state index contributed by atoms with van der Waals surface area (Å²) in [7, 11) is 4.28. The third-order valence-electron chi connectivity index (χ3n) is 3.27. The number of fused-ring (bicyclic) bond motifs is 1. The van der Waals surface area contributed by atoms with Crippen molar-refractivity contribution in [3.05, 3.63) is 29.3 Å². The Kier molecular flexibility index (Phi) is 2.93. The Morgan fingerprint density at radius 1 is 1.40 bits per heavy atom. The van der Waals surface area contributed by atoms with Gasteiger partial charge in [-0.25, -0.2) is 0 Å². The van der Waals surface area contributed by atoms with Gasteiger partial charge < -0.3 is 9.74 Å². The minimum atomic E-state index is 0.644. The third kappa shape index (κ3) is 1.98. The summed E-state index contributed by atoms with van der Waals surface area (Å²) >= 11 is 0. The highest BCUT2D eigenvalue weighted by atomic mass is 16.6. The van der Waals surface area contributed by atoms with Crippen LogP contribution in [0.25, 0.3) is 0 Å². The molecule has 0 heterocycles. The van der Waals surface area contributed by atoms with E-state index >= 15 is 0 Å². The van der Waals surface area contributed by atoms with Crippen LogP contribution >= 0.6 is 0 Å². The van der Waals surface area contributed by atoms with Gasteiger partial charge in [0, 0.05) is 11.6 Å². The molecule has 2 rings (SSSR count). The molecule has 82 valence electrons. The van der Waals surface area contributed by atoms with Crippen molar-refractivity contribution in [1.82, 2.24) is 4.90 Å². The van der Waals surface area contributed by atoms with Gasteiger partial charge in [0.05, 0.1) is 0 Å². The van der Waals surface area contributed by atoms with Gasteiger partial charge in [0.2, 0.25) is 0 Å². The zero-order valence-electron chi connectivity index (χ0n) is 9.36. The number of nitrogens with zero attached hydrogens (tertiary/aromatic N) is 1. The third-order valence-corrected chi connectivity index (χ3v) is 3.27. The topological polar surface area (TPSA) is 38.5 Å². The molecule has 0 saturated heterocycles. The van der Waals surface area contributed by atoms with Gasteiger partial charge in [0.1, 0.15) is 5.75 Å². The highest BCUT2D eigenvalue weighted by Gasteiger charge is 2.22. The molecule has 0 radical (unpaired) electrons. The van der Waals surface area contributed by atoms with E-state index in [1.165, 1.54) is 17.5 Å². The lowest BCUT2D eigenvalue weighted by molar-refractivity contribution is 0.263. The van der Waals surface area contributed by atoms with Crippen molar-refractivity contribution < 1.29 is 4.84 Å². The summed E-state index contributed by atoms with van der Waals surface area (Å²) in [5.41, 5.74) is 2.67. The fourth-order valence-electron chi connectivity index (χ4n) is 2.30. The van der Waals surface area contributed by atoms with Gasteiger partial charge in [0.25, 0.3) is 0 Å². The SMILES string of the molecule is CN(C)[C@H]1CCc2c(cccc2ON)C1. The van der Waals surface area contributed by atoms with E-state index in [0.29, 0.717) is 6.04 Å². The molecule has 1 aliphatic rings. The number of benzene rings is 1. The molecule has 1 aromatic rings. The highest BCUT2D eigenvalue weighted by Crippen LogP contribution is 2.30. The van der Waals surface area contributed by atoms with Gasteiger partial charge in [0.15, 0.2) is 0 Å². The molecule has 0 amide bonds. The molecule has 3 heteroatoms. The standard InChI is InChI=1S/C12H18N2O/c1-14(2)10-6-7-11-9(8-10)4-3-5-12(11)15-13/h3-5,10H,6-8,13H2,1-2H3/t10-/m0/s1.